The van der Waals surface area contributed by atoms with Crippen LogP contribution in [0.3, 0.4) is 0 Å². The third kappa shape index (κ3) is 2.84. The third-order valence-electron chi connectivity index (χ3n) is 2.83. The Morgan fingerprint density at radius 2 is 1.94 bits per heavy atom. The molecule has 88 valence electrons. The van der Waals surface area contributed by atoms with Gasteiger partial charge in [0.15, 0.2) is 0 Å². The number of aryl methyl sites for hydroxylation is 1. The highest BCUT2D eigenvalue weighted by Crippen LogP contribution is 2.26. The molecule has 0 saturated heterocycles. The van der Waals surface area contributed by atoms with Crippen molar-refractivity contribution < 1.29 is 0 Å². The van der Waals surface area contributed by atoms with Crippen LogP contribution in [0.4, 0.5) is 0 Å². The van der Waals surface area contributed by atoms with Crippen LogP contribution in [0.1, 0.15) is 22.7 Å². The van der Waals surface area contributed by atoms with Gasteiger partial charge >= 0.3 is 0 Å². The number of rotatable bonds is 3. The molecule has 0 aliphatic rings. The van der Waals surface area contributed by atoms with E-state index in [1.54, 1.807) is 12.4 Å². The van der Waals surface area contributed by atoms with Crippen molar-refractivity contribution in [3.63, 3.8) is 0 Å². The van der Waals surface area contributed by atoms with Crippen molar-refractivity contribution in [1.29, 1.82) is 0 Å². The van der Waals surface area contributed by atoms with E-state index in [-0.39, 0.29) is 6.04 Å². The first-order chi connectivity index (χ1) is 8.18. The van der Waals surface area contributed by atoms with Crippen LogP contribution in [0.15, 0.2) is 42.7 Å². The van der Waals surface area contributed by atoms with Crippen LogP contribution >= 0.6 is 11.6 Å². The topological polar surface area (TPSA) is 38.9 Å². The van der Waals surface area contributed by atoms with E-state index >= 15 is 0 Å². The van der Waals surface area contributed by atoms with Crippen LogP contribution in [0.2, 0.25) is 5.02 Å². The summed E-state index contributed by atoms with van der Waals surface area (Å²) in [5.41, 5.74) is 9.43. The second kappa shape index (κ2) is 5.30. The van der Waals surface area contributed by atoms with E-state index < -0.39 is 0 Å². The third-order valence-corrected chi connectivity index (χ3v) is 3.34. The van der Waals surface area contributed by atoms with Gasteiger partial charge in [0.2, 0.25) is 0 Å². The fourth-order valence-corrected chi connectivity index (χ4v) is 2.11. The van der Waals surface area contributed by atoms with Crippen LogP contribution in [0.25, 0.3) is 0 Å². The van der Waals surface area contributed by atoms with E-state index in [2.05, 4.69) is 4.98 Å². The number of pyridine rings is 1. The summed E-state index contributed by atoms with van der Waals surface area (Å²) >= 11 is 6.26. The van der Waals surface area contributed by atoms with E-state index in [0.29, 0.717) is 0 Å². The molecule has 2 nitrogen and oxygen atoms in total. The molecule has 17 heavy (non-hydrogen) atoms. The quantitative estimate of drug-likeness (QED) is 0.903. The Morgan fingerprint density at radius 3 is 2.65 bits per heavy atom. The van der Waals surface area contributed by atoms with Crippen LogP contribution in [-0.2, 0) is 6.42 Å². The number of aromatic nitrogens is 1. The standard InChI is InChI=1S/C14H15ClN2/c1-10-3-2-4-12(14(10)15)13(16)9-11-5-7-17-8-6-11/h2-8,13H,9,16H2,1H3. The maximum Gasteiger partial charge on any atom is 0.0483 e. The molecule has 0 saturated carbocycles. The van der Waals surface area contributed by atoms with Gasteiger partial charge in [0.05, 0.1) is 0 Å². The predicted octanol–water partition coefficient (Wildman–Crippen LogP) is 3.29. The Labute approximate surface area is 106 Å². The summed E-state index contributed by atoms with van der Waals surface area (Å²) in [4.78, 5) is 3.99. The average molecular weight is 247 g/mol. The van der Waals surface area contributed by atoms with Crippen molar-refractivity contribution in [2.45, 2.75) is 19.4 Å². The van der Waals surface area contributed by atoms with E-state index in [1.807, 2.05) is 37.3 Å². The van der Waals surface area contributed by atoms with Crippen molar-refractivity contribution in [3.05, 3.63) is 64.4 Å². The molecule has 1 heterocycles. The summed E-state index contributed by atoms with van der Waals surface area (Å²) in [5, 5.41) is 0.772. The first-order valence-electron chi connectivity index (χ1n) is 5.58. The minimum Gasteiger partial charge on any atom is -0.324 e. The Hall–Kier alpha value is -1.38. The highest BCUT2D eigenvalue weighted by atomic mass is 35.5. The molecule has 0 amide bonds. The zero-order chi connectivity index (χ0) is 12.3. The first kappa shape index (κ1) is 12.1. The minimum atomic E-state index is -0.0789. The van der Waals surface area contributed by atoms with Crippen molar-refractivity contribution >= 4 is 11.6 Å². The summed E-state index contributed by atoms with van der Waals surface area (Å²) < 4.78 is 0. The summed E-state index contributed by atoms with van der Waals surface area (Å²) in [6, 6.07) is 9.84. The summed E-state index contributed by atoms with van der Waals surface area (Å²) in [5.74, 6) is 0. The van der Waals surface area contributed by atoms with Crippen molar-refractivity contribution in [2.75, 3.05) is 0 Å². The van der Waals surface area contributed by atoms with Gasteiger partial charge in [0.25, 0.3) is 0 Å². The molecule has 1 aromatic carbocycles. The molecule has 0 aliphatic heterocycles. The highest BCUT2D eigenvalue weighted by molar-refractivity contribution is 6.32. The maximum atomic E-state index is 6.26. The summed E-state index contributed by atoms with van der Waals surface area (Å²) in [6.07, 6.45) is 4.32. The molecule has 0 bridgehead atoms. The molecule has 1 unspecified atom stereocenters. The van der Waals surface area contributed by atoms with Gasteiger partial charge in [0.1, 0.15) is 0 Å². The maximum absolute atomic E-state index is 6.26. The number of hydrogen-bond acceptors (Lipinski definition) is 2. The first-order valence-corrected chi connectivity index (χ1v) is 5.96. The lowest BCUT2D eigenvalue weighted by Crippen LogP contribution is -2.14. The number of nitrogens with zero attached hydrogens (tertiary/aromatic N) is 1. The van der Waals surface area contributed by atoms with Gasteiger partial charge in [-0.25, -0.2) is 0 Å². The van der Waals surface area contributed by atoms with Gasteiger partial charge in [-0.15, -0.1) is 0 Å². The van der Waals surface area contributed by atoms with E-state index in [1.165, 1.54) is 5.56 Å². The molecule has 3 heteroatoms. The molecular weight excluding hydrogens is 232 g/mol. The molecule has 2 aromatic rings. The predicted molar refractivity (Wildman–Crippen MR) is 71.1 cm³/mol. The lowest BCUT2D eigenvalue weighted by molar-refractivity contribution is 0.720. The SMILES string of the molecule is Cc1cccc(C(N)Cc2ccncc2)c1Cl. The second-order valence-electron chi connectivity index (χ2n) is 4.14. The van der Waals surface area contributed by atoms with E-state index in [4.69, 9.17) is 17.3 Å². The Kier molecular flexibility index (Phi) is 3.77. The average Bonchev–Trinajstić information content (AvgIpc) is 2.34. The number of nitrogens with two attached hydrogens (primary N) is 1. The molecule has 1 aromatic heterocycles. The largest absolute Gasteiger partial charge is 0.324 e. The molecule has 0 spiro atoms. The molecular formula is C14H15ClN2. The fraction of sp³-hybridized carbons (Fsp3) is 0.214. The normalized spacial score (nSPS) is 12.4. The molecule has 2 rings (SSSR count). The van der Waals surface area contributed by atoms with Crippen molar-refractivity contribution in [1.82, 2.24) is 4.98 Å². The number of hydrogen-bond donors (Lipinski definition) is 1. The summed E-state index contributed by atoms with van der Waals surface area (Å²) in [6.45, 7) is 1.99. The lowest BCUT2D eigenvalue weighted by Gasteiger charge is -2.15. The Morgan fingerprint density at radius 1 is 1.24 bits per heavy atom. The van der Waals surface area contributed by atoms with Crippen molar-refractivity contribution in [2.24, 2.45) is 5.73 Å². The smallest absolute Gasteiger partial charge is 0.0483 e. The van der Waals surface area contributed by atoms with Crippen LogP contribution in [0, 0.1) is 6.92 Å². The molecule has 1 atom stereocenters. The zero-order valence-corrected chi connectivity index (χ0v) is 10.5. The lowest BCUT2D eigenvalue weighted by atomic mass is 9.99. The molecule has 0 radical (unpaired) electrons. The highest BCUT2D eigenvalue weighted by Gasteiger charge is 2.11. The number of benzene rings is 1. The van der Waals surface area contributed by atoms with Crippen LogP contribution < -0.4 is 5.73 Å². The van der Waals surface area contributed by atoms with Gasteiger partial charge in [-0.05, 0) is 42.2 Å². The molecule has 2 N–H and O–H groups in total. The van der Waals surface area contributed by atoms with Gasteiger partial charge in [0, 0.05) is 23.5 Å². The van der Waals surface area contributed by atoms with E-state index in [0.717, 1.165) is 22.6 Å². The van der Waals surface area contributed by atoms with Gasteiger partial charge in [-0.2, -0.15) is 0 Å². The summed E-state index contributed by atoms with van der Waals surface area (Å²) in [7, 11) is 0. The fourth-order valence-electron chi connectivity index (χ4n) is 1.84. The monoisotopic (exact) mass is 246 g/mol. The van der Waals surface area contributed by atoms with Gasteiger partial charge in [-0.3, -0.25) is 4.98 Å². The van der Waals surface area contributed by atoms with Crippen molar-refractivity contribution in [3.8, 4) is 0 Å². The van der Waals surface area contributed by atoms with Gasteiger partial charge in [-0.1, -0.05) is 29.8 Å². The van der Waals surface area contributed by atoms with Crippen LogP contribution in [0.5, 0.6) is 0 Å². The Bertz CT molecular complexity index is 497. The van der Waals surface area contributed by atoms with E-state index in [9.17, 15) is 0 Å². The molecule has 0 fully saturated rings. The second-order valence-corrected chi connectivity index (χ2v) is 4.52. The van der Waals surface area contributed by atoms with Crippen LogP contribution in [-0.4, -0.2) is 4.98 Å². The Balaban J connectivity index is 2.20. The minimum absolute atomic E-state index is 0.0789. The zero-order valence-electron chi connectivity index (χ0n) is 9.73. The molecule has 0 aliphatic carbocycles. The number of halogens is 1. The van der Waals surface area contributed by atoms with Gasteiger partial charge < -0.3 is 5.73 Å².